The number of allylic oxidation sites excluding steroid dienone is 1. The predicted molar refractivity (Wildman–Crippen MR) is 223 cm³/mol. The molecule has 5 aromatic carbocycles. The molecule has 5 aromatic rings. The molecule has 0 heterocycles. The van der Waals surface area contributed by atoms with Gasteiger partial charge >= 0.3 is 11.9 Å². The Morgan fingerprint density at radius 1 is 0.842 bits per heavy atom. The highest BCUT2D eigenvalue weighted by molar-refractivity contribution is 6.38. The Kier molecular flexibility index (Phi) is 12.2. The second kappa shape index (κ2) is 16.8. The highest BCUT2D eigenvalue weighted by atomic mass is 16.5. The number of aromatic hydroxyl groups is 1. The number of hydrogen-bond acceptors (Lipinski definition) is 12. The summed E-state index contributed by atoms with van der Waals surface area (Å²) in [6.45, 7) is 2.46. The summed E-state index contributed by atoms with van der Waals surface area (Å²) in [6.07, 6.45) is 4.42. The third-order valence-corrected chi connectivity index (χ3v) is 10.6. The number of benzene rings is 5. The van der Waals surface area contributed by atoms with E-state index in [0.717, 1.165) is 5.57 Å². The second-order valence-corrected chi connectivity index (χ2v) is 16.4. The molecule has 0 fully saturated rings. The minimum Gasteiger partial charge on any atom is -0.504 e. The minimum atomic E-state index is -0.502. The van der Waals surface area contributed by atoms with Crippen LogP contribution >= 0.6 is 0 Å². The SMILES string of the molecule is COc1c(O)c2c(=O)cc(CO)c3c4c(CO)cc(NCCCC(=O)OCCN(C)C)c5c(=O)c(CCCCC(=O)OC[N+](C)(C)C)c6c(c(c1CC(C)=C6)c23)c54. The quantitative estimate of drug-likeness (QED) is 0.0240. The van der Waals surface area contributed by atoms with Gasteiger partial charge in [-0.05, 0) is 103 Å². The lowest BCUT2D eigenvalue weighted by atomic mass is 9.80. The number of carbonyl (C=O) groups excluding carboxylic acids is 2. The summed E-state index contributed by atoms with van der Waals surface area (Å²) in [5.41, 5.74) is 3.24. The van der Waals surface area contributed by atoms with Crippen molar-refractivity contribution in [1.29, 1.82) is 0 Å². The van der Waals surface area contributed by atoms with E-state index in [1.54, 1.807) is 6.07 Å². The van der Waals surface area contributed by atoms with Crippen molar-refractivity contribution >= 4 is 66.8 Å². The summed E-state index contributed by atoms with van der Waals surface area (Å²) in [4.78, 5) is 56.0. The molecule has 13 heteroatoms. The van der Waals surface area contributed by atoms with Gasteiger partial charge < -0.3 is 39.7 Å². The topological polar surface area (TPSA) is 172 Å². The Balaban J connectivity index is 1.59. The molecule has 57 heavy (non-hydrogen) atoms. The smallest absolute Gasteiger partial charge is 0.310 e. The number of esters is 2. The Hall–Kier alpha value is -5.08. The number of ether oxygens (including phenoxy) is 3. The summed E-state index contributed by atoms with van der Waals surface area (Å²) in [5.74, 6) is -0.785. The fourth-order valence-corrected chi connectivity index (χ4v) is 8.15. The molecule has 0 amide bonds. The van der Waals surface area contributed by atoms with Crippen LogP contribution in [0.5, 0.6) is 11.5 Å². The lowest BCUT2D eigenvalue weighted by Crippen LogP contribution is -2.37. The summed E-state index contributed by atoms with van der Waals surface area (Å²) in [5, 5.41) is 40.5. The predicted octanol–water partition coefficient (Wildman–Crippen LogP) is 4.77. The molecule has 0 bridgehead atoms. The number of quaternary nitrogens is 1. The molecule has 0 unspecified atom stereocenters. The van der Waals surface area contributed by atoms with E-state index in [4.69, 9.17) is 14.2 Å². The number of aliphatic hydroxyl groups excluding tert-OH is 2. The van der Waals surface area contributed by atoms with Crippen LogP contribution in [0, 0.1) is 0 Å². The maximum absolute atomic E-state index is 15.1. The van der Waals surface area contributed by atoms with Crippen molar-refractivity contribution in [3.05, 3.63) is 66.0 Å². The molecule has 0 aliphatic heterocycles. The Labute approximate surface area is 331 Å². The van der Waals surface area contributed by atoms with Crippen molar-refractivity contribution in [2.45, 2.75) is 65.1 Å². The van der Waals surface area contributed by atoms with E-state index < -0.39 is 18.6 Å². The van der Waals surface area contributed by atoms with Gasteiger partial charge in [0.1, 0.15) is 6.61 Å². The van der Waals surface area contributed by atoms with Crippen molar-refractivity contribution < 1.29 is 43.6 Å². The number of nitrogens with zero attached hydrogens (tertiary/aromatic N) is 2. The van der Waals surface area contributed by atoms with Crippen LogP contribution in [0.25, 0.3) is 49.2 Å². The Bertz CT molecular complexity index is 2500. The molecule has 6 rings (SSSR count). The van der Waals surface area contributed by atoms with Crippen LogP contribution in [-0.4, -0.2) is 105 Å². The largest absolute Gasteiger partial charge is 0.504 e. The van der Waals surface area contributed by atoms with Crippen LogP contribution in [0.15, 0.2) is 27.3 Å². The number of unbranched alkanes of at least 4 members (excludes halogenated alkanes) is 1. The van der Waals surface area contributed by atoms with E-state index in [9.17, 15) is 29.7 Å². The van der Waals surface area contributed by atoms with Gasteiger partial charge in [0.15, 0.2) is 22.4 Å². The summed E-state index contributed by atoms with van der Waals surface area (Å²) in [7, 11) is 11.0. The van der Waals surface area contributed by atoms with Crippen molar-refractivity contribution in [3.8, 4) is 11.5 Å². The number of hydrogen-bond donors (Lipinski definition) is 4. The molecule has 0 saturated carbocycles. The Morgan fingerprint density at radius 2 is 1.49 bits per heavy atom. The van der Waals surface area contributed by atoms with Gasteiger partial charge in [-0.25, -0.2) is 0 Å². The van der Waals surface area contributed by atoms with Gasteiger partial charge in [0.25, 0.3) is 0 Å². The van der Waals surface area contributed by atoms with Gasteiger partial charge in [-0.15, -0.1) is 0 Å². The molecular formula is C44H54N3O10+. The first-order chi connectivity index (χ1) is 27.1. The minimum absolute atomic E-state index is 0.0332. The third kappa shape index (κ3) is 8.07. The second-order valence-electron chi connectivity index (χ2n) is 16.4. The van der Waals surface area contributed by atoms with Gasteiger partial charge in [0, 0.05) is 53.5 Å². The third-order valence-electron chi connectivity index (χ3n) is 10.6. The molecule has 0 spiro atoms. The maximum atomic E-state index is 15.1. The summed E-state index contributed by atoms with van der Waals surface area (Å²) >= 11 is 0. The number of fused-ring (bicyclic) bond motifs is 1. The van der Waals surface area contributed by atoms with Crippen LogP contribution in [0.2, 0.25) is 0 Å². The van der Waals surface area contributed by atoms with Crippen molar-refractivity contribution in [2.75, 3.05) is 74.1 Å². The van der Waals surface area contributed by atoms with E-state index in [0.29, 0.717) is 121 Å². The van der Waals surface area contributed by atoms with Crippen molar-refractivity contribution in [1.82, 2.24) is 4.90 Å². The van der Waals surface area contributed by atoms with E-state index in [2.05, 4.69) is 5.32 Å². The zero-order valence-electron chi connectivity index (χ0n) is 34.0. The van der Waals surface area contributed by atoms with Crippen molar-refractivity contribution in [3.63, 3.8) is 0 Å². The standard InChI is InChI=1S/C44H53N3O10/c1-24-17-28-27(11-8-9-12-33(52)57-23-47(4,5)6)42(53)38-30(45-14-10-13-32(51)56-16-15-46(2)3)19-25(21-48)34-35-26(22-49)20-31(50)39-41(35)37(36(28)40(34)38)29(18-24)44(55-7)43(39)54/h17,19-20,48-49H,8-16,18,21-23H2,1-7H3,(H-,45,50,53,54)/p+1. The number of nitrogens with one attached hydrogen (secondary N) is 1. The molecule has 0 atom stereocenters. The molecule has 4 N–H and O–H groups in total. The number of phenols is 1. The first-order valence-corrected chi connectivity index (χ1v) is 19.4. The Morgan fingerprint density at radius 3 is 2.14 bits per heavy atom. The number of anilines is 1. The van der Waals surface area contributed by atoms with Crippen LogP contribution in [-0.2, 0) is 45.1 Å². The zero-order chi connectivity index (χ0) is 41.3. The van der Waals surface area contributed by atoms with Crippen LogP contribution in [0.4, 0.5) is 5.69 Å². The highest BCUT2D eigenvalue weighted by Crippen LogP contribution is 2.53. The van der Waals surface area contributed by atoms with Crippen LogP contribution in [0.3, 0.4) is 0 Å². The molecule has 1 aliphatic rings. The average Bonchev–Trinajstić information content (AvgIpc) is 3.30. The first kappa shape index (κ1) is 41.6. The zero-order valence-corrected chi connectivity index (χ0v) is 34.0. The highest BCUT2D eigenvalue weighted by Gasteiger charge is 2.32. The van der Waals surface area contributed by atoms with Gasteiger partial charge in [-0.1, -0.05) is 11.6 Å². The van der Waals surface area contributed by atoms with Crippen molar-refractivity contribution in [2.24, 2.45) is 0 Å². The van der Waals surface area contributed by atoms with Crippen LogP contribution < -0.4 is 20.9 Å². The first-order valence-electron chi connectivity index (χ1n) is 19.4. The number of aliphatic hydroxyl groups is 2. The number of phenolic OH excluding ortho intramolecular Hbond substituents is 1. The summed E-state index contributed by atoms with van der Waals surface area (Å²) < 4.78 is 17.1. The monoisotopic (exact) mass is 784 g/mol. The number of rotatable bonds is 18. The number of carbonyl (C=O) groups is 2. The molecule has 304 valence electrons. The van der Waals surface area contributed by atoms with E-state index >= 15 is 4.79 Å². The molecule has 0 aromatic heterocycles. The lowest BCUT2D eigenvalue weighted by molar-refractivity contribution is -0.888. The van der Waals surface area contributed by atoms with E-state index in [1.807, 2.05) is 53.1 Å². The molecule has 0 radical (unpaired) electrons. The van der Waals surface area contributed by atoms with Crippen LogP contribution in [0.1, 0.15) is 66.8 Å². The average molecular weight is 785 g/mol. The number of likely N-dealkylation sites (N-methyl/N-ethyl adjacent to an activating group) is 1. The summed E-state index contributed by atoms with van der Waals surface area (Å²) in [6, 6.07) is 3.02. The van der Waals surface area contributed by atoms with Gasteiger partial charge in [-0.2, -0.15) is 0 Å². The van der Waals surface area contributed by atoms with Gasteiger partial charge in [0.2, 0.25) is 6.73 Å². The molecular weight excluding hydrogens is 730 g/mol. The molecule has 1 aliphatic carbocycles. The fraction of sp³-hybridized carbons (Fsp3) is 0.455. The molecule has 0 saturated heterocycles. The van der Waals surface area contributed by atoms with Gasteiger partial charge in [0.05, 0.1) is 52.2 Å². The van der Waals surface area contributed by atoms with Gasteiger partial charge in [-0.3, -0.25) is 23.7 Å². The van der Waals surface area contributed by atoms with E-state index in [-0.39, 0.29) is 60.4 Å². The van der Waals surface area contributed by atoms with E-state index in [1.165, 1.54) is 13.2 Å². The maximum Gasteiger partial charge on any atom is 0.310 e. The lowest BCUT2D eigenvalue weighted by Gasteiger charge is -2.25. The molecule has 13 nitrogen and oxygen atoms in total. The fourth-order valence-electron chi connectivity index (χ4n) is 8.15. The normalized spacial score (nSPS) is 13.0. The number of methoxy groups -OCH3 is 1.